The Balaban J connectivity index is 1.41. The molecule has 128 valence electrons. The van der Waals surface area contributed by atoms with Crippen molar-refractivity contribution in [2.75, 3.05) is 0 Å². The normalized spacial score (nSPS) is 14.7. The molecule has 0 spiro atoms. The Kier molecular flexibility index (Phi) is 4.42. The maximum absolute atomic E-state index is 12.2. The van der Waals surface area contributed by atoms with Gasteiger partial charge in [-0.3, -0.25) is 4.79 Å². The molecule has 25 heavy (non-hydrogen) atoms. The van der Waals surface area contributed by atoms with Gasteiger partial charge in [-0.1, -0.05) is 49.2 Å². The van der Waals surface area contributed by atoms with E-state index in [4.69, 9.17) is 9.15 Å². The topological polar surface area (TPSA) is 51.5 Å². The van der Waals surface area contributed by atoms with Gasteiger partial charge in [0.15, 0.2) is 5.76 Å². The van der Waals surface area contributed by atoms with E-state index in [1.54, 1.807) is 12.1 Å². The number of carbonyl (C=O) groups excluding carboxylic acids is 1. The second kappa shape index (κ2) is 7.01. The van der Waals surface area contributed by atoms with E-state index in [1.165, 1.54) is 12.8 Å². The lowest BCUT2D eigenvalue weighted by Crippen LogP contribution is -2.32. The minimum absolute atomic E-state index is 0.136. The summed E-state index contributed by atoms with van der Waals surface area (Å²) in [6.45, 7) is 0.296. The quantitative estimate of drug-likeness (QED) is 0.736. The van der Waals surface area contributed by atoms with Crippen molar-refractivity contribution < 1.29 is 13.9 Å². The number of carbonyl (C=O) groups is 1. The van der Waals surface area contributed by atoms with Gasteiger partial charge in [0.2, 0.25) is 0 Å². The smallest absolute Gasteiger partial charge is 0.287 e. The van der Waals surface area contributed by atoms with E-state index in [-0.39, 0.29) is 11.9 Å². The van der Waals surface area contributed by atoms with Crippen LogP contribution in [0.2, 0.25) is 0 Å². The number of hydrogen-bond acceptors (Lipinski definition) is 3. The van der Waals surface area contributed by atoms with E-state index in [2.05, 4.69) is 17.4 Å². The van der Waals surface area contributed by atoms with Crippen LogP contribution in [0.4, 0.5) is 0 Å². The molecule has 3 aromatic rings. The molecule has 1 aromatic heterocycles. The number of amides is 1. The lowest BCUT2D eigenvalue weighted by molar-refractivity contribution is 0.0905. The van der Waals surface area contributed by atoms with Crippen LogP contribution < -0.4 is 10.1 Å². The van der Waals surface area contributed by atoms with Crippen molar-refractivity contribution in [3.05, 3.63) is 66.1 Å². The lowest BCUT2D eigenvalue weighted by atomic mass is 10.1. The van der Waals surface area contributed by atoms with E-state index in [0.29, 0.717) is 18.1 Å². The molecule has 0 unspecified atom stereocenters. The van der Waals surface area contributed by atoms with Crippen LogP contribution in [-0.4, -0.2) is 11.9 Å². The molecule has 0 aliphatic heterocycles. The van der Waals surface area contributed by atoms with Crippen molar-refractivity contribution in [1.29, 1.82) is 0 Å². The molecule has 1 aliphatic carbocycles. The zero-order valence-electron chi connectivity index (χ0n) is 14.0. The predicted octanol–water partition coefficient (Wildman–Crippen LogP) is 4.68. The third-order valence-corrected chi connectivity index (χ3v) is 4.70. The Morgan fingerprint density at radius 2 is 1.84 bits per heavy atom. The van der Waals surface area contributed by atoms with Gasteiger partial charge in [0, 0.05) is 11.4 Å². The first kappa shape index (κ1) is 15.8. The highest BCUT2D eigenvalue weighted by Gasteiger charge is 2.19. The van der Waals surface area contributed by atoms with E-state index in [9.17, 15) is 4.79 Å². The third kappa shape index (κ3) is 3.53. The summed E-state index contributed by atoms with van der Waals surface area (Å²) in [4.78, 5) is 12.2. The van der Waals surface area contributed by atoms with Crippen LogP contribution in [-0.2, 0) is 6.61 Å². The maximum atomic E-state index is 12.2. The van der Waals surface area contributed by atoms with Gasteiger partial charge in [-0.25, -0.2) is 0 Å². The number of ether oxygens (including phenoxy) is 1. The molecule has 0 atom stereocenters. The first-order chi connectivity index (χ1) is 12.3. The Morgan fingerprint density at radius 3 is 2.72 bits per heavy atom. The Labute approximate surface area is 146 Å². The van der Waals surface area contributed by atoms with Crippen molar-refractivity contribution in [3.8, 4) is 5.75 Å². The monoisotopic (exact) mass is 335 g/mol. The van der Waals surface area contributed by atoms with Gasteiger partial charge in [-0.05, 0) is 36.4 Å². The fraction of sp³-hybridized carbons (Fsp3) is 0.286. The number of rotatable bonds is 5. The SMILES string of the molecule is O=C(NC1CCCC1)c1ccc(COc2cccc3ccccc23)o1. The highest BCUT2D eigenvalue weighted by atomic mass is 16.5. The van der Waals surface area contributed by atoms with Crippen LogP contribution in [0.3, 0.4) is 0 Å². The molecule has 4 nitrogen and oxygen atoms in total. The van der Waals surface area contributed by atoms with Gasteiger partial charge in [0.25, 0.3) is 5.91 Å². The van der Waals surface area contributed by atoms with E-state index in [1.807, 2.05) is 30.3 Å². The highest BCUT2D eigenvalue weighted by Crippen LogP contribution is 2.26. The van der Waals surface area contributed by atoms with Crippen molar-refractivity contribution in [3.63, 3.8) is 0 Å². The second-order valence-corrected chi connectivity index (χ2v) is 6.49. The zero-order chi connectivity index (χ0) is 17.1. The molecule has 1 saturated carbocycles. The standard InChI is InChI=1S/C21H21NO3/c23-21(22-16-8-2-3-9-16)20-13-12-17(25-20)14-24-19-11-5-7-15-6-1-4-10-18(15)19/h1,4-7,10-13,16H,2-3,8-9,14H2,(H,22,23). The summed E-state index contributed by atoms with van der Waals surface area (Å²) in [6, 6.07) is 17.9. The molecule has 4 rings (SSSR count). The summed E-state index contributed by atoms with van der Waals surface area (Å²) in [7, 11) is 0. The Bertz CT molecular complexity index is 872. The molecule has 1 amide bonds. The second-order valence-electron chi connectivity index (χ2n) is 6.49. The van der Waals surface area contributed by atoms with Gasteiger partial charge >= 0.3 is 0 Å². The lowest BCUT2D eigenvalue weighted by Gasteiger charge is -2.10. The molecule has 1 N–H and O–H groups in total. The molecule has 1 heterocycles. The van der Waals surface area contributed by atoms with Crippen LogP contribution in [0.5, 0.6) is 5.75 Å². The van der Waals surface area contributed by atoms with Crippen LogP contribution in [0.1, 0.15) is 42.0 Å². The predicted molar refractivity (Wildman–Crippen MR) is 96.7 cm³/mol. The highest BCUT2D eigenvalue weighted by molar-refractivity contribution is 5.91. The van der Waals surface area contributed by atoms with Gasteiger partial charge in [-0.2, -0.15) is 0 Å². The number of fused-ring (bicyclic) bond motifs is 1. The summed E-state index contributed by atoms with van der Waals surface area (Å²) < 4.78 is 11.6. The van der Waals surface area contributed by atoms with Crippen molar-refractivity contribution >= 4 is 16.7 Å². The average molecular weight is 335 g/mol. The van der Waals surface area contributed by atoms with Crippen molar-refractivity contribution in [1.82, 2.24) is 5.32 Å². The molecule has 0 radical (unpaired) electrons. The minimum Gasteiger partial charge on any atom is -0.485 e. The third-order valence-electron chi connectivity index (χ3n) is 4.70. The number of nitrogens with one attached hydrogen (secondary N) is 1. The van der Waals surface area contributed by atoms with Gasteiger partial charge in [-0.15, -0.1) is 0 Å². The number of furan rings is 1. The summed E-state index contributed by atoms with van der Waals surface area (Å²) in [5.74, 6) is 1.67. The molecule has 1 fully saturated rings. The van der Waals surface area contributed by atoms with E-state index >= 15 is 0 Å². The fourth-order valence-corrected chi connectivity index (χ4v) is 3.37. The van der Waals surface area contributed by atoms with E-state index < -0.39 is 0 Å². The van der Waals surface area contributed by atoms with Crippen molar-refractivity contribution in [2.24, 2.45) is 0 Å². The minimum atomic E-state index is -0.136. The zero-order valence-corrected chi connectivity index (χ0v) is 14.0. The molecule has 0 bridgehead atoms. The van der Waals surface area contributed by atoms with Gasteiger partial charge < -0.3 is 14.5 Å². The number of hydrogen-bond donors (Lipinski definition) is 1. The number of benzene rings is 2. The molecule has 0 saturated heterocycles. The average Bonchev–Trinajstić information content (AvgIpc) is 3.31. The molecular formula is C21H21NO3. The first-order valence-corrected chi connectivity index (χ1v) is 8.80. The van der Waals surface area contributed by atoms with Crippen molar-refractivity contribution in [2.45, 2.75) is 38.3 Å². The fourth-order valence-electron chi connectivity index (χ4n) is 3.37. The summed E-state index contributed by atoms with van der Waals surface area (Å²) >= 11 is 0. The Hall–Kier alpha value is -2.75. The molecular weight excluding hydrogens is 314 g/mol. The Morgan fingerprint density at radius 1 is 1.04 bits per heavy atom. The largest absolute Gasteiger partial charge is 0.485 e. The molecule has 1 aliphatic rings. The van der Waals surface area contributed by atoms with E-state index in [0.717, 1.165) is 29.4 Å². The van der Waals surface area contributed by atoms with Crippen LogP contribution in [0.15, 0.2) is 59.0 Å². The van der Waals surface area contributed by atoms with Gasteiger partial charge in [0.05, 0.1) is 0 Å². The molecule has 2 aromatic carbocycles. The van der Waals surface area contributed by atoms with Crippen LogP contribution >= 0.6 is 0 Å². The summed E-state index contributed by atoms with van der Waals surface area (Å²) in [5, 5.41) is 5.23. The van der Waals surface area contributed by atoms with Gasteiger partial charge in [0.1, 0.15) is 18.1 Å². The summed E-state index contributed by atoms with van der Waals surface area (Å²) in [5.41, 5.74) is 0. The van der Waals surface area contributed by atoms with Crippen LogP contribution in [0, 0.1) is 0 Å². The first-order valence-electron chi connectivity index (χ1n) is 8.80. The van der Waals surface area contributed by atoms with Crippen LogP contribution in [0.25, 0.3) is 10.8 Å². The maximum Gasteiger partial charge on any atom is 0.287 e. The molecule has 4 heteroatoms. The summed E-state index contributed by atoms with van der Waals surface area (Å²) in [6.07, 6.45) is 4.49.